The Balaban J connectivity index is 1.63. The van der Waals surface area contributed by atoms with E-state index >= 15 is 0 Å². The van der Waals surface area contributed by atoms with E-state index < -0.39 is 17.8 Å². The number of hydrogen-bond acceptors (Lipinski definition) is 3. The zero-order valence-electron chi connectivity index (χ0n) is 17.3. The first-order chi connectivity index (χ1) is 15.3. The fourth-order valence-corrected chi connectivity index (χ4v) is 2.87. The summed E-state index contributed by atoms with van der Waals surface area (Å²) in [6, 6.07) is 18.3. The van der Waals surface area contributed by atoms with Crippen LogP contribution in [0, 0.1) is 0 Å². The summed E-state index contributed by atoms with van der Waals surface area (Å²) in [6.45, 7) is 4.03. The molecule has 0 unspecified atom stereocenters. The Kier molecular flexibility index (Phi) is 7.04. The van der Waals surface area contributed by atoms with Crippen LogP contribution in [0.5, 0.6) is 11.5 Å². The van der Waals surface area contributed by atoms with Gasteiger partial charge in [-0.2, -0.15) is 13.2 Å². The van der Waals surface area contributed by atoms with Gasteiger partial charge in [-0.25, -0.2) is 4.79 Å². The van der Waals surface area contributed by atoms with Crippen LogP contribution in [0.3, 0.4) is 0 Å². The number of hydrogen-bond donors (Lipinski definition) is 3. The molecule has 0 saturated carbocycles. The van der Waals surface area contributed by atoms with Crippen molar-refractivity contribution >= 4 is 17.4 Å². The van der Waals surface area contributed by atoms with Gasteiger partial charge in [0.1, 0.15) is 11.5 Å². The van der Waals surface area contributed by atoms with Crippen LogP contribution in [0.1, 0.15) is 16.7 Å². The minimum Gasteiger partial charge on any atom is -0.457 e. The summed E-state index contributed by atoms with van der Waals surface area (Å²) in [7, 11) is 1.79. The van der Waals surface area contributed by atoms with Gasteiger partial charge in [0.15, 0.2) is 0 Å². The highest BCUT2D eigenvalue weighted by Crippen LogP contribution is 2.30. The second-order valence-corrected chi connectivity index (χ2v) is 6.85. The van der Waals surface area contributed by atoms with Crippen LogP contribution in [0.25, 0.3) is 5.70 Å². The van der Waals surface area contributed by atoms with Crippen molar-refractivity contribution in [1.29, 1.82) is 0 Å². The number of para-hydroxylation sites is 1. The lowest BCUT2D eigenvalue weighted by atomic mass is 10.1. The summed E-state index contributed by atoms with van der Waals surface area (Å²) in [5.41, 5.74) is 1.63. The van der Waals surface area contributed by atoms with Crippen molar-refractivity contribution in [2.24, 2.45) is 0 Å². The van der Waals surface area contributed by atoms with Crippen molar-refractivity contribution in [2.75, 3.05) is 12.4 Å². The smallest absolute Gasteiger partial charge is 0.416 e. The number of nitrogens with one attached hydrogen (secondary N) is 3. The molecule has 5 nitrogen and oxygen atoms in total. The van der Waals surface area contributed by atoms with Crippen LogP contribution in [0.2, 0.25) is 0 Å². The molecule has 166 valence electrons. The molecule has 0 heterocycles. The van der Waals surface area contributed by atoms with Crippen LogP contribution >= 0.6 is 0 Å². The van der Waals surface area contributed by atoms with Crippen molar-refractivity contribution in [3.63, 3.8) is 0 Å². The number of rotatable bonds is 7. The van der Waals surface area contributed by atoms with Crippen molar-refractivity contribution in [1.82, 2.24) is 10.6 Å². The van der Waals surface area contributed by atoms with Crippen LogP contribution in [0.15, 0.2) is 79.4 Å². The Morgan fingerprint density at radius 2 is 1.72 bits per heavy atom. The Hall–Kier alpha value is -3.94. The number of benzene rings is 3. The number of alkyl halides is 3. The molecule has 2 amide bonds. The third kappa shape index (κ3) is 6.04. The van der Waals surface area contributed by atoms with Crippen molar-refractivity contribution in [2.45, 2.75) is 12.7 Å². The zero-order chi connectivity index (χ0) is 23.1. The van der Waals surface area contributed by atoms with E-state index in [9.17, 15) is 18.0 Å². The second kappa shape index (κ2) is 9.91. The Morgan fingerprint density at radius 3 is 2.41 bits per heavy atom. The molecule has 32 heavy (non-hydrogen) atoms. The molecule has 0 aliphatic carbocycles. The molecule has 0 bridgehead atoms. The molecular formula is C24H22F3N3O2. The number of anilines is 1. The predicted octanol–water partition coefficient (Wildman–Crippen LogP) is 6.01. The number of ether oxygens (including phenoxy) is 1. The van der Waals surface area contributed by atoms with Gasteiger partial charge in [0.05, 0.1) is 5.56 Å². The van der Waals surface area contributed by atoms with E-state index in [2.05, 4.69) is 22.5 Å². The minimum atomic E-state index is -4.48. The molecule has 0 fully saturated rings. The van der Waals surface area contributed by atoms with Gasteiger partial charge < -0.3 is 20.7 Å². The molecular weight excluding hydrogens is 419 g/mol. The summed E-state index contributed by atoms with van der Waals surface area (Å²) < 4.78 is 44.4. The SMILES string of the molecule is C=C(NC)c1ccc(Oc2ccccc2CNC(=O)Nc2cccc(C(F)(F)F)c2)cc1. The molecule has 0 atom stereocenters. The third-order valence-corrected chi connectivity index (χ3v) is 4.59. The normalized spacial score (nSPS) is 10.9. The molecule has 8 heteroatoms. The third-order valence-electron chi connectivity index (χ3n) is 4.59. The fourth-order valence-electron chi connectivity index (χ4n) is 2.87. The highest BCUT2D eigenvalue weighted by molar-refractivity contribution is 5.89. The van der Waals surface area contributed by atoms with Crippen molar-refractivity contribution < 1.29 is 22.7 Å². The Labute approximate surface area is 183 Å². The standard InChI is InChI=1S/C24H22F3N3O2/c1-16(28-2)17-10-12-21(13-11-17)32-22-9-4-3-6-18(22)15-29-23(31)30-20-8-5-7-19(14-20)24(25,26)27/h3-14,28H,1,15H2,2H3,(H2,29,30,31). The van der Waals surface area contributed by atoms with Crippen molar-refractivity contribution in [3.05, 3.63) is 96.1 Å². The van der Waals surface area contributed by atoms with E-state index in [4.69, 9.17) is 4.74 Å². The lowest BCUT2D eigenvalue weighted by Crippen LogP contribution is -2.28. The molecule has 0 aliphatic heterocycles. The van der Waals surface area contributed by atoms with Gasteiger partial charge >= 0.3 is 12.2 Å². The molecule has 0 radical (unpaired) electrons. The van der Waals surface area contributed by atoms with Crippen molar-refractivity contribution in [3.8, 4) is 11.5 Å². The number of halogens is 3. The number of carbonyl (C=O) groups is 1. The Bertz CT molecular complexity index is 1100. The molecule has 0 aliphatic rings. The second-order valence-electron chi connectivity index (χ2n) is 6.85. The van der Waals surface area contributed by atoms with Gasteiger partial charge in [-0.05, 0) is 54.1 Å². The van der Waals surface area contributed by atoms with Gasteiger partial charge in [-0.1, -0.05) is 30.8 Å². The van der Waals surface area contributed by atoms with Crippen LogP contribution in [0.4, 0.5) is 23.7 Å². The summed E-state index contributed by atoms with van der Waals surface area (Å²) in [4.78, 5) is 12.2. The van der Waals surface area contributed by atoms with Crippen LogP contribution < -0.4 is 20.7 Å². The van der Waals surface area contributed by atoms with E-state index in [1.807, 2.05) is 24.3 Å². The van der Waals surface area contributed by atoms with E-state index in [-0.39, 0.29) is 12.2 Å². The highest BCUT2D eigenvalue weighted by atomic mass is 19.4. The molecule has 3 rings (SSSR count). The van der Waals surface area contributed by atoms with Gasteiger partial charge in [0.2, 0.25) is 0 Å². The number of carbonyl (C=O) groups excluding carboxylic acids is 1. The summed E-state index contributed by atoms with van der Waals surface area (Å²) in [6.07, 6.45) is -4.48. The largest absolute Gasteiger partial charge is 0.457 e. The maximum Gasteiger partial charge on any atom is 0.416 e. The average Bonchev–Trinajstić information content (AvgIpc) is 2.78. The van der Waals surface area contributed by atoms with Gasteiger partial charge in [-0.3, -0.25) is 0 Å². The lowest BCUT2D eigenvalue weighted by molar-refractivity contribution is -0.137. The maximum absolute atomic E-state index is 12.8. The number of urea groups is 1. The first-order valence-corrected chi connectivity index (χ1v) is 9.71. The molecule has 0 spiro atoms. The average molecular weight is 441 g/mol. The molecule has 0 saturated heterocycles. The molecule has 3 aromatic rings. The molecule has 0 aromatic heterocycles. The van der Waals surface area contributed by atoms with Gasteiger partial charge in [0, 0.05) is 30.5 Å². The summed E-state index contributed by atoms with van der Waals surface area (Å²) in [5, 5.41) is 8.02. The van der Waals surface area contributed by atoms with Gasteiger partial charge in [0.25, 0.3) is 0 Å². The lowest BCUT2D eigenvalue weighted by Gasteiger charge is -2.14. The van der Waals surface area contributed by atoms with Crippen LogP contribution in [-0.2, 0) is 12.7 Å². The highest BCUT2D eigenvalue weighted by Gasteiger charge is 2.30. The van der Waals surface area contributed by atoms with Gasteiger partial charge in [-0.15, -0.1) is 0 Å². The summed E-state index contributed by atoms with van der Waals surface area (Å²) in [5.74, 6) is 1.16. The van der Waals surface area contributed by atoms with E-state index in [0.29, 0.717) is 17.1 Å². The zero-order valence-corrected chi connectivity index (χ0v) is 17.3. The van der Waals surface area contributed by atoms with Crippen LogP contribution in [-0.4, -0.2) is 13.1 Å². The number of amides is 2. The quantitative estimate of drug-likeness (QED) is 0.421. The van der Waals surface area contributed by atoms with E-state index in [1.165, 1.54) is 12.1 Å². The van der Waals surface area contributed by atoms with E-state index in [0.717, 1.165) is 23.4 Å². The predicted molar refractivity (Wildman–Crippen MR) is 118 cm³/mol. The maximum atomic E-state index is 12.8. The molecule has 3 N–H and O–H groups in total. The first-order valence-electron chi connectivity index (χ1n) is 9.71. The topological polar surface area (TPSA) is 62.4 Å². The van der Waals surface area contributed by atoms with E-state index in [1.54, 1.807) is 31.3 Å². The fraction of sp³-hybridized carbons (Fsp3) is 0.125. The minimum absolute atomic E-state index is 0.0464. The Morgan fingerprint density at radius 1 is 1.00 bits per heavy atom. The first kappa shape index (κ1) is 22.7. The monoisotopic (exact) mass is 441 g/mol. The summed E-state index contributed by atoms with van der Waals surface area (Å²) >= 11 is 0. The molecule has 3 aromatic carbocycles.